The molecule has 0 fully saturated rings. The fourth-order valence-corrected chi connectivity index (χ4v) is 2.91. The summed E-state index contributed by atoms with van der Waals surface area (Å²) in [5, 5.41) is 11.8. The van der Waals surface area contributed by atoms with Crippen molar-refractivity contribution >= 4 is 17.5 Å². The summed E-state index contributed by atoms with van der Waals surface area (Å²) in [6, 6.07) is 16.6. The summed E-state index contributed by atoms with van der Waals surface area (Å²) in [6.45, 7) is 7.22. The smallest absolute Gasteiger partial charge is 0.247 e. The van der Waals surface area contributed by atoms with E-state index in [1.165, 1.54) is 16.7 Å². The highest BCUT2D eigenvalue weighted by Crippen LogP contribution is 2.29. The molecule has 0 bridgehead atoms. The topological polar surface area (TPSA) is 53.9 Å². The van der Waals surface area contributed by atoms with E-state index in [4.69, 9.17) is 0 Å². The van der Waals surface area contributed by atoms with Crippen LogP contribution in [0.25, 0.3) is 0 Å². The number of nitrogens with one attached hydrogen (secondary N) is 1. The summed E-state index contributed by atoms with van der Waals surface area (Å²) in [6.07, 6.45) is 1.66. The lowest BCUT2D eigenvalue weighted by molar-refractivity contribution is 0.830. The van der Waals surface area contributed by atoms with Gasteiger partial charge in [-0.2, -0.15) is 10.1 Å². The van der Waals surface area contributed by atoms with E-state index in [2.05, 4.69) is 71.6 Å². The molecule has 0 aliphatic rings. The summed E-state index contributed by atoms with van der Waals surface area (Å²) < 4.78 is 0. The normalized spacial score (nSPS) is 10.8. The maximum atomic E-state index is 4.65. The van der Waals surface area contributed by atoms with E-state index >= 15 is 0 Å². The Morgan fingerprint density at radius 1 is 1.04 bits per heavy atom. The van der Waals surface area contributed by atoms with Gasteiger partial charge in [0.2, 0.25) is 5.95 Å². The second kappa shape index (κ2) is 7.95. The maximum absolute atomic E-state index is 4.65. The zero-order chi connectivity index (χ0) is 18.5. The SMILES string of the molecule is Cc1cccc(C(C)C)c1Nc1cnnc(N(C)Cc2ccccc2)n1. The molecule has 1 heterocycles. The van der Waals surface area contributed by atoms with Gasteiger partial charge in [0.25, 0.3) is 0 Å². The van der Waals surface area contributed by atoms with Gasteiger partial charge in [-0.05, 0) is 29.5 Å². The number of para-hydroxylation sites is 1. The molecule has 1 aromatic heterocycles. The van der Waals surface area contributed by atoms with Crippen LogP contribution in [0.1, 0.15) is 36.5 Å². The van der Waals surface area contributed by atoms with Crippen LogP contribution >= 0.6 is 0 Å². The van der Waals surface area contributed by atoms with Crippen molar-refractivity contribution in [2.75, 3.05) is 17.3 Å². The summed E-state index contributed by atoms with van der Waals surface area (Å²) in [4.78, 5) is 6.64. The maximum Gasteiger partial charge on any atom is 0.247 e. The minimum absolute atomic E-state index is 0.424. The number of aryl methyl sites for hydroxylation is 1. The van der Waals surface area contributed by atoms with E-state index in [1.807, 2.05) is 30.1 Å². The number of anilines is 3. The van der Waals surface area contributed by atoms with Crippen molar-refractivity contribution in [3.05, 3.63) is 71.4 Å². The molecule has 2 aromatic carbocycles. The second-order valence-corrected chi connectivity index (χ2v) is 6.80. The van der Waals surface area contributed by atoms with Crippen LogP contribution in [-0.2, 0) is 6.54 Å². The van der Waals surface area contributed by atoms with Gasteiger partial charge in [0, 0.05) is 19.3 Å². The number of aromatic nitrogens is 3. The molecule has 0 radical (unpaired) electrons. The Morgan fingerprint density at radius 3 is 2.54 bits per heavy atom. The fourth-order valence-electron chi connectivity index (χ4n) is 2.91. The van der Waals surface area contributed by atoms with Gasteiger partial charge in [-0.15, -0.1) is 5.10 Å². The van der Waals surface area contributed by atoms with Crippen LogP contribution in [0.4, 0.5) is 17.5 Å². The molecule has 0 unspecified atom stereocenters. The third kappa shape index (κ3) is 4.17. The van der Waals surface area contributed by atoms with Crippen LogP contribution in [0.15, 0.2) is 54.7 Å². The van der Waals surface area contributed by atoms with Gasteiger partial charge in [0.05, 0.1) is 6.20 Å². The highest BCUT2D eigenvalue weighted by Gasteiger charge is 2.12. The van der Waals surface area contributed by atoms with E-state index in [-0.39, 0.29) is 0 Å². The van der Waals surface area contributed by atoms with Crippen LogP contribution in [-0.4, -0.2) is 22.2 Å². The predicted octanol–water partition coefficient (Wildman–Crippen LogP) is 4.68. The average molecular weight is 347 g/mol. The van der Waals surface area contributed by atoms with Gasteiger partial charge < -0.3 is 10.2 Å². The molecule has 0 saturated heterocycles. The first-order valence-electron chi connectivity index (χ1n) is 8.86. The molecule has 0 atom stereocenters. The standard InChI is InChI=1S/C21H25N5/c1-15(2)18-12-8-9-16(3)20(18)23-19-13-22-25-21(24-19)26(4)14-17-10-6-5-7-11-17/h5-13,15H,14H2,1-4H3,(H,23,24,25). The summed E-state index contributed by atoms with van der Waals surface area (Å²) >= 11 is 0. The van der Waals surface area contributed by atoms with E-state index < -0.39 is 0 Å². The fraction of sp³-hybridized carbons (Fsp3) is 0.286. The predicted molar refractivity (Wildman–Crippen MR) is 107 cm³/mol. The Hall–Kier alpha value is -2.95. The Labute approximate surface area is 155 Å². The molecule has 3 aromatic rings. The average Bonchev–Trinajstić information content (AvgIpc) is 2.64. The van der Waals surface area contributed by atoms with Crippen molar-refractivity contribution in [2.24, 2.45) is 0 Å². The molecule has 3 rings (SSSR count). The van der Waals surface area contributed by atoms with Crippen LogP contribution in [0, 0.1) is 6.92 Å². The van der Waals surface area contributed by atoms with Crippen LogP contribution < -0.4 is 10.2 Å². The number of benzene rings is 2. The zero-order valence-corrected chi connectivity index (χ0v) is 15.8. The quantitative estimate of drug-likeness (QED) is 0.701. The minimum Gasteiger partial charge on any atom is -0.338 e. The third-order valence-electron chi connectivity index (χ3n) is 4.33. The Morgan fingerprint density at radius 2 is 1.81 bits per heavy atom. The molecule has 0 aliphatic heterocycles. The van der Waals surface area contributed by atoms with E-state index in [1.54, 1.807) is 6.20 Å². The van der Waals surface area contributed by atoms with Crippen molar-refractivity contribution in [3.63, 3.8) is 0 Å². The highest BCUT2D eigenvalue weighted by molar-refractivity contribution is 5.65. The largest absolute Gasteiger partial charge is 0.338 e. The van der Waals surface area contributed by atoms with E-state index in [0.717, 1.165) is 12.2 Å². The van der Waals surface area contributed by atoms with E-state index in [9.17, 15) is 0 Å². The second-order valence-electron chi connectivity index (χ2n) is 6.80. The Bertz CT molecular complexity index is 861. The first kappa shape index (κ1) is 17.9. The van der Waals surface area contributed by atoms with Crippen LogP contribution in [0.5, 0.6) is 0 Å². The molecule has 0 spiro atoms. The van der Waals surface area contributed by atoms with Gasteiger partial charge >= 0.3 is 0 Å². The summed E-state index contributed by atoms with van der Waals surface area (Å²) in [7, 11) is 1.97. The first-order valence-corrected chi connectivity index (χ1v) is 8.86. The molecule has 0 amide bonds. The molecule has 5 nitrogen and oxygen atoms in total. The Balaban J connectivity index is 1.82. The van der Waals surface area contributed by atoms with Crippen molar-refractivity contribution in [1.82, 2.24) is 15.2 Å². The van der Waals surface area contributed by atoms with Gasteiger partial charge in [-0.3, -0.25) is 0 Å². The van der Waals surface area contributed by atoms with Crippen molar-refractivity contribution < 1.29 is 0 Å². The van der Waals surface area contributed by atoms with Crippen molar-refractivity contribution in [3.8, 4) is 0 Å². The minimum atomic E-state index is 0.424. The van der Waals surface area contributed by atoms with Gasteiger partial charge in [0.1, 0.15) is 0 Å². The molecule has 26 heavy (non-hydrogen) atoms. The van der Waals surface area contributed by atoms with Gasteiger partial charge in [-0.1, -0.05) is 62.4 Å². The monoisotopic (exact) mass is 347 g/mol. The Kier molecular flexibility index (Phi) is 5.46. The first-order chi connectivity index (χ1) is 12.5. The lowest BCUT2D eigenvalue weighted by atomic mass is 9.98. The summed E-state index contributed by atoms with van der Waals surface area (Å²) in [5.74, 6) is 1.72. The number of hydrogen-bond acceptors (Lipinski definition) is 5. The van der Waals surface area contributed by atoms with Crippen molar-refractivity contribution in [2.45, 2.75) is 33.2 Å². The molecular formula is C21H25N5. The lowest BCUT2D eigenvalue weighted by Gasteiger charge is -2.19. The number of rotatable bonds is 6. The van der Waals surface area contributed by atoms with Gasteiger partial charge in [0.15, 0.2) is 5.82 Å². The molecule has 0 aliphatic carbocycles. The third-order valence-corrected chi connectivity index (χ3v) is 4.33. The lowest BCUT2D eigenvalue weighted by Crippen LogP contribution is -2.20. The molecule has 134 valence electrons. The number of hydrogen-bond donors (Lipinski definition) is 1. The zero-order valence-electron chi connectivity index (χ0n) is 15.8. The molecular weight excluding hydrogens is 322 g/mol. The van der Waals surface area contributed by atoms with Gasteiger partial charge in [-0.25, -0.2) is 0 Å². The number of nitrogens with zero attached hydrogens (tertiary/aromatic N) is 4. The summed E-state index contributed by atoms with van der Waals surface area (Å²) in [5.41, 5.74) is 4.76. The van der Waals surface area contributed by atoms with Crippen LogP contribution in [0.3, 0.4) is 0 Å². The highest BCUT2D eigenvalue weighted by atomic mass is 15.3. The molecule has 0 saturated carbocycles. The van der Waals surface area contributed by atoms with E-state index in [0.29, 0.717) is 17.7 Å². The van der Waals surface area contributed by atoms with Crippen molar-refractivity contribution in [1.29, 1.82) is 0 Å². The molecule has 5 heteroatoms. The molecule has 1 N–H and O–H groups in total. The van der Waals surface area contributed by atoms with Crippen LogP contribution in [0.2, 0.25) is 0 Å².